The summed E-state index contributed by atoms with van der Waals surface area (Å²) in [6.45, 7) is 1.95. The zero-order valence-corrected chi connectivity index (χ0v) is 9.27. The number of hydrogen-bond acceptors (Lipinski definition) is 1. The molecule has 1 rings (SSSR count). The average Bonchev–Trinajstić information content (AvgIpc) is 2.17. The molecule has 0 spiro atoms. The zero-order valence-electron chi connectivity index (χ0n) is 7.76. The van der Waals surface area contributed by atoms with Crippen molar-refractivity contribution in [1.29, 1.82) is 0 Å². The van der Waals surface area contributed by atoms with E-state index in [0.29, 0.717) is 15.8 Å². The van der Waals surface area contributed by atoms with Crippen molar-refractivity contribution in [1.82, 2.24) is 0 Å². The number of benzene rings is 1. The van der Waals surface area contributed by atoms with E-state index < -0.39 is 0 Å². The van der Waals surface area contributed by atoms with Crippen molar-refractivity contribution in [2.45, 2.75) is 19.4 Å². The van der Waals surface area contributed by atoms with E-state index in [2.05, 4.69) is 5.92 Å². The SMILES string of the molecule is C#CC(CC)Oc1ccc(Cl)cc1Cl. The van der Waals surface area contributed by atoms with Gasteiger partial charge in [-0.3, -0.25) is 0 Å². The van der Waals surface area contributed by atoms with Crippen LogP contribution < -0.4 is 4.74 Å². The summed E-state index contributed by atoms with van der Waals surface area (Å²) in [5.41, 5.74) is 0. The van der Waals surface area contributed by atoms with Gasteiger partial charge >= 0.3 is 0 Å². The molecule has 0 aromatic heterocycles. The predicted molar refractivity (Wildman–Crippen MR) is 60.0 cm³/mol. The highest BCUT2D eigenvalue weighted by Crippen LogP contribution is 2.28. The van der Waals surface area contributed by atoms with Gasteiger partial charge in [0.2, 0.25) is 0 Å². The van der Waals surface area contributed by atoms with Crippen molar-refractivity contribution in [2.75, 3.05) is 0 Å². The van der Waals surface area contributed by atoms with Crippen LogP contribution in [0.15, 0.2) is 18.2 Å². The fourth-order valence-electron chi connectivity index (χ4n) is 0.959. The van der Waals surface area contributed by atoms with Crippen molar-refractivity contribution >= 4 is 23.2 Å². The van der Waals surface area contributed by atoms with Gasteiger partial charge in [0, 0.05) is 5.02 Å². The highest BCUT2D eigenvalue weighted by Gasteiger charge is 2.07. The summed E-state index contributed by atoms with van der Waals surface area (Å²) >= 11 is 11.7. The van der Waals surface area contributed by atoms with E-state index in [4.69, 9.17) is 34.4 Å². The maximum Gasteiger partial charge on any atom is 0.158 e. The summed E-state index contributed by atoms with van der Waals surface area (Å²) in [6.07, 6.45) is 5.77. The van der Waals surface area contributed by atoms with Crippen LogP contribution in [0.4, 0.5) is 0 Å². The highest BCUT2D eigenvalue weighted by molar-refractivity contribution is 6.35. The fraction of sp³-hybridized carbons (Fsp3) is 0.273. The Morgan fingerprint density at radius 1 is 1.50 bits per heavy atom. The van der Waals surface area contributed by atoms with Crippen LogP contribution in [0, 0.1) is 12.3 Å². The molecule has 0 saturated heterocycles. The molecule has 1 nitrogen and oxygen atoms in total. The van der Waals surface area contributed by atoms with E-state index in [1.54, 1.807) is 18.2 Å². The largest absolute Gasteiger partial charge is 0.476 e. The molecule has 1 aromatic carbocycles. The molecule has 3 heteroatoms. The molecule has 0 saturated carbocycles. The molecule has 0 bridgehead atoms. The highest BCUT2D eigenvalue weighted by atomic mass is 35.5. The summed E-state index contributed by atoms with van der Waals surface area (Å²) in [5.74, 6) is 3.10. The van der Waals surface area contributed by atoms with Gasteiger partial charge < -0.3 is 4.74 Å². The lowest BCUT2D eigenvalue weighted by Gasteiger charge is -2.12. The lowest BCUT2D eigenvalue weighted by molar-refractivity contribution is 0.254. The summed E-state index contributed by atoms with van der Waals surface area (Å²) < 4.78 is 5.47. The quantitative estimate of drug-likeness (QED) is 0.716. The van der Waals surface area contributed by atoms with Gasteiger partial charge in [-0.2, -0.15) is 0 Å². The number of terminal acetylenes is 1. The van der Waals surface area contributed by atoms with Gasteiger partial charge in [-0.25, -0.2) is 0 Å². The van der Waals surface area contributed by atoms with Gasteiger partial charge in [0.05, 0.1) is 5.02 Å². The summed E-state index contributed by atoms with van der Waals surface area (Å²) in [6, 6.07) is 5.05. The third-order valence-corrected chi connectivity index (χ3v) is 2.25. The number of rotatable bonds is 3. The average molecular weight is 229 g/mol. The second-order valence-electron chi connectivity index (χ2n) is 2.76. The molecule has 74 valence electrons. The molecule has 0 fully saturated rings. The third-order valence-electron chi connectivity index (χ3n) is 1.72. The summed E-state index contributed by atoms with van der Waals surface area (Å²) in [5, 5.41) is 1.06. The molecular weight excluding hydrogens is 219 g/mol. The molecule has 1 atom stereocenters. The van der Waals surface area contributed by atoms with Crippen LogP contribution in [-0.2, 0) is 0 Å². The minimum atomic E-state index is -0.242. The van der Waals surface area contributed by atoms with Gasteiger partial charge in [-0.15, -0.1) is 6.42 Å². The smallest absolute Gasteiger partial charge is 0.158 e. The number of hydrogen-bond donors (Lipinski definition) is 0. The second-order valence-corrected chi connectivity index (χ2v) is 3.60. The van der Waals surface area contributed by atoms with Gasteiger partial charge in [-0.1, -0.05) is 36.0 Å². The van der Waals surface area contributed by atoms with Crippen molar-refractivity contribution in [3.8, 4) is 18.1 Å². The Morgan fingerprint density at radius 2 is 2.21 bits per heavy atom. The van der Waals surface area contributed by atoms with Gasteiger partial charge in [0.15, 0.2) is 6.10 Å². The van der Waals surface area contributed by atoms with Crippen molar-refractivity contribution in [3.63, 3.8) is 0 Å². The van der Waals surface area contributed by atoms with Crippen LogP contribution in [0.5, 0.6) is 5.75 Å². The van der Waals surface area contributed by atoms with E-state index in [9.17, 15) is 0 Å². The Hall–Kier alpha value is -0.840. The first kappa shape index (κ1) is 11.2. The lowest BCUT2D eigenvalue weighted by Crippen LogP contribution is -2.12. The Kier molecular flexibility index (Phi) is 4.13. The van der Waals surface area contributed by atoms with Crippen LogP contribution in [0.1, 0.15) is 13.3 Å². The first-order chi connectivity index (χ1) is 6.67. The van der Waals surface area contributed by atoms with Crippen LogP contribution in [-0.4, -0.2) is 6.10 Å². The first-order valence-corrected chi connectivity index (χ1v) is 5.00. The van der Waals surface area contributed by atoms with E-state index >= 15 is 0 Å². The fourth-order valence-corrected chi connectivity index (χ4v) is 1.41. The van der Waals surface area contributed by atoms with E-state index in [0.717, 1.165) is 6.42 Å². The van der Waals surface area contributed by atoms with Gasteiger partial charge in [-0.05, 0) is 24.6 Å². The van der Waals surface area contributed by atoms with Gasteiger partial charge in [0.25, 0.3) is 0 Å². The van der Waals surface area contributed by atoms with Crippen LogP contribution >= 0.6 is 23.2 Å². The minimum Gasteiger partial charge on any atom is -0.476 e. The molecule has 1 aromatic rings. The molecule has 0 radical (unpaired) electrons. The Morgan fingerprint density at radius 3 is 2.71 bits per heavy atom. The monoisotopic (exact) mass is 228 g/mol. The third kappa shape index (κ3) is 2.83. The predicted octanol–water partition coefficient (Wildman–Crippen LogP) is 3.78. The minimum absolute atomic E-state index is 0.242. The second kappa shape index (κ2) is 5.14. The van der Waals surface area contributed by atoms with Crippen LogP contribution in [0.2, 0.25) is 10.0 Å². The van der Waals surface area contributed by atoms with Crippen LogP contribution in [0.3, 0.4) is 0 Å². The lowest BCUT2D eigenvalue weighted by atomic mass is 10.3. The molecular formula is C11H10Cl2O. The molecule has 0 N–H and O–H groups in total. The molecule has 1 unspecified atom stereocenters. The Labute approximate surface area is 94.0 Å². The van der Waals surface area contributed by atoms with E-state index in [1.165, 1.54) is 0 Å². The van der Waals surface area contributed by atoms with Crippen LogP contribution in [0.25, 0.3) is 0 Å². The maximum absolute atomic E-state index is 5.91. The topological polar surface area (TPSA) is 9.23 Å². The normalized spacial score (nSPS) is 11.9. The molecule has 0 amide bonds. The molecule has 0 aliphatic carbocycles. The standard InChI is InChI=1S/C11H10Cl2O/c1-3-9(4-2)14-11-6-5-8(12)7-10(11)13/h1,5-7,9H,4H2,2H3. The van der Waals surface area contributed by atoms with Crippen molar-refractivity contribution in [3.05, 3.63) is 28.2 Å². The summed E-state index contributed by atoms with van der Waals surface area (Å²) in [4.78, 5) is 0. The number of halogens is 2. The molecule has 0 aliphatic rings. The van der Waals surface area contributed by atoms with E-state index in [1.807, 2.05) is 6.92 Å². The van der Waals surface area contributed by atoms with Gasteiger partial charge in [0.1, 0.15) is 5.75 Å². The molecule has 14 heavy (non-hydrogen) atoms. The molecule has 0 aliphatic heterocycles. The zero-order chi connectivity index (χ0) is 10.6. The van der Waals surface area contributed by atoms with Crippen molar-refractivity contribution < 1.29 is 4.74 Å². The summed E-state index contributed by atoms with van der Waals surface area (Å²) in [7, 11) is 0. The van der Waals surface area contributed by atoms with E-state index in [-0.39, 0.29) is 6.10 Å². The van der Waals surface area contributed by atoms with Crippen molar-refractivity contribution in [2.24, 2.45) is 0 Å². The first-order valence-electron chi connectivity index (χ1n) is 4.25. The Balaban J connectivity index is 2.82. The molecule has 0 heterocycles. The number of ether oxygens (including phenoxy) is 1. The maximum atomic E-state index is 5.91. The Bertz CT molecular complexity index is 355.